The van der Waals surface area contributed by atoms with E-state index in [2.05, 4.69) is 12.6 Å². The molecule has 66 valence electrons. The molecule has 0 bridgehead atoms. The zero-order valence-electron chi connectivity index (χ0n) is 5.80. The van der Waals surface area contributed by atoms with E-state index >= 15 is 0 Å². The van der Waals surface area contributed by atoms with E-state index in [1.54, 1.807) is 18.2 Å². The Morgan fingerprint density at radius 3 is 2.25 bits per heavy atom. The molecule has 0 aliphatic carbocycles. The first-order chi connectivity index (χ1) is 5.49. The minimum Gasteiger partial charge on any atom is -0.444 e. The highest BCUT2D eigenvalue weighted by Crippen LogP contribution is 2.33. The lowest BCUT2D eigenvalue weighted by atomic mass is 10.3. The number of halogens is 3. The summed E-state index contributed by atoms with van der Waals surface area (Å²) in [6, 6.07) is 7.00. The molecule has 1 aromatic carbocycles. The highest BCUT2D eigenvalue weighted by molar-refractivity contribution is 7.80. The van der Waals surface area contributed by atoms with E-state index in [4.69, 9.17) is 39.5 Å². The number of thiol groups is 1. The maximum absolute atomic E-state index is 5.41. The second kappa shape index (κ2) is 3.97. The normalized spacial score (nSPS) is 11.3. The van der Waals surface area contributed by atoms with Crippen LogP contribution in [-0.4, -0.2) is 3.98 Å². The van der Waals surface area contributed by atoms with E-state index in [9.17, 15) is 0 Å². The largest absolute Gasteiger partial charge is 0.444 e. The number of benzene rings is 1. The van der Waals surface area contributed by atoms with Gasteiger partial charge < -0.3 is 4.74 Å². The van der Waals surface area contributed by atoms with E-state index in [1.807, 2.05) is 6.07 Å². The topological polar surface area (TPSA) is 9.23 Å². The Kier molecular flexibility index (Phi) is 3.41. The third-order valence-electron chi connectivity index (χ3n) is 1.09. The average Bonchev–Trinajstić information content (AvgIpc) is 1.91. The molecular weight excluding hydrogens is 239 g/mol. The van der Waals surface area contributed by atoms with Crippen molar-refractivity contribution < 1.29 is 4.74 Å². The first kappa shape index (κ1) is 10.3. The molecule has 0 heterocycles. The summed E-state index contributed by atoms with van der Waals surface area (Å²) in [5.41, 5.74) is 0. The van der Waals surface area contributed by atoms with Gasteiger partial charge in [-0.3, -0.25) is 0 Å². The molecule has 0 atom stereocenters. The van der Waals surface area contributed by atoms with Crippen LogP contribution in [-0.2, 0) is 0 Å². The standard InChI is InChI=1S/C7H5Cl3OS/c8-7(9,10)11-5-3-1-2-4-6(5)12/h1-4,12H. The van der Waals surface area contributed by atoms with Gasteiger partial charge in [0.1, 0.15) is 5.75 Å². The molecule has 12 heavy (non-hydrogen) atoms. The number of rotatable bonds is 1. The summed E-state index contributed by atoms with van der Waals surface area (Å²) in [5.74, 6) is 0.445. The summed E-state index contributed by atoms with van der Waals surface area (Å²) in [6.45, 7) is 0. The van der Waals surface area contributed by atoms with Gasteiger partial charge in [0, 0.05) is 4.90 Å². The van der Waals surface area contributed by atoms with Gasteiger partial charge in [0.25, 0.3) is 0 Å². The molecule has 0 saturated carbocycles. The van der Waals surface area contributed by atoms with Gasteiger partial charge in [0.2, 0.25) is 0 Å². The van der Waals surface area contributed by atoms with Crippen molar-refractivity contribution in [2.75, 3.05) is 0 Å². The quantitative estimate of drug-likeness (QED) is 0.585. The fraction of sp³-hybridized carbons (Fsp3) is 0.143. The van der Waals surface area contributed by atoms with Crippen LogP contribution in [0.25, 0.3) is 0 Å². The number of hydrogen-bond donors (Lipinski definition) is 1. The number of para-hydroxylation sites is 1. The van der Waals surface area contributed by atoms with Crippen molar-refractivity contribution in [1.82, 2.24) is 0 Å². The molecule has 0 saturated heterocycles. The van der Waals surface area contributed by atoms with E-state index < -0.39 is 3.98 Å². The van der Waals surface area contributed by atoms with Crippen molar-refractivity contribution in [1.29, 1.82) is 0 Å². The van der Waals surface area contributed by atoms with Gasteiger partial charge in [0.15, 0.2) is 0 Å². The molecule has 1 nitrogen and oxygen atoms in total. The smallest absolute Gasteiger partial charge is 0.338 e. The Hall–Kier alpha value is 0.240. The molecule has 0 N–H and O–H groups in total. The summed E-state index contributed by atoms with van der Waals surface area (Å²) in [7, 11) is 0. The lowest BCUT2D eigenvalue weighted by Gasteiger charge is -2.14. The summed E-state index contributed by atoms with van der Waals surface area (Å²) in [6.07, 6.45) is 0. The molecule has 0 aliphatic heterocycles. The Morgan fingerprint density at radius 2 is 1.75 bits per heavy atom. The van der Waals surface area contributed by atoms with E-state index in [-0.39, 0.29) is 0 Å². The molecule has 0 fully saturated rings. The molecule has 1 aromatic rings. The Labute approximate surface area is 91.0 Å². The molecule has 0 amide bonds. The molecule has 0 aliphatic rings. The summed E-state index contributed by atoms with van der Waals surface area (Å²) in [5, 5.41) is 0. The summed E-state index contributed by atoms with van der Waals surface area (Å²) < 4.78 is 3.22. The van der Waals surface area contributed by atoms with Gasteiger partial charge in [-0.15, -0.1) is 12.6 Å². The minimum absolute atomic E-state index is 0.445. The van der Waals surface area contributed by atoms with Crippen molar-refractivity contribution in [2.45, 2.75) is 8.87 Å². The second-order valence-electron chi connectivity index (χ2n) is 2.02. The van der Waals surface area contributed by atoms with Crippen LogP contribution in [0.4, 0.5) is 0 Å². The van der Waals surface area contributed by atoms with Crippen molar-refractivity contribution in [3.05, 3.63) is 24.3 Å². The van der Waals surface area contributed by atoms with Crippen LogP contribution in [0.2, 0.25) is 0 Å². The summed E-state index contributed by atoms with van der Waals surface area (Å²) >= 11 is 20.4. The fourth-order valence-corrected chi connectivity index (χ4v) is 1.12. The van der Waals surface area contributed by atoms with Crippen LogP contribution in [0, 0.1) is 0 Å². The first-order valence-electron chi connectivity index (χ1n) is 3.03. The van der Waals surface area contributed by atoms with Crippen molar-refractivity contribution >= 4 is 47.4 Å². The van der Waals surface area contributed by atoms with Gasteiger partial charge >= 0.3 is 3.98 Å². The Bertz CT molecular complexity index is 272. The first-order valence-corrected chi connectivity index (χ1v) is 4.61. The van der Waals surface area contributed by atoms with E-state index in [0.717, 1.165) is 0 Å². The molecule has 0 aromatic heterocycles. The number of ether oxygens (including phenoxy) is 1. The maximum atomic E-state index is 5.41. The predicted octanol–water partition coefficient (Wildman–Crippen LogP) is 3.68. The number of hydrogen-bond acceptors (Lipinski definition) is 2. The van der Waals surface area contributed by atoms with Crippen LogP contribution in [0.15, 0.2) is 29.2 Å². The third kappa shape index (κ3) is 3.31. The molecular formula is C7H5Cl3OS. The lowest BCUT2D eigenvalue weighted by molar-refractivity contribution is 0.313. The highest BCUT2D eigenvalue weighted by Gasteiger charge is 2.22. The van der Waals surface area contributed by atoms with Crippen LogP contribution in [0.3, 0.4) is 0 Å². The molecule has 0 spiro atoms. The molecule has 0 unspecified atom stereocenters. The fourth-order valence-electron chi connectivity index (χ4n) is 0.668. The second-order valence-corrected chi connectivity index (χ2v) is 4.67. The van der Waals surface area contributed by atoms with Gasteiger partial charge in [-0.1, -0.05) is 12.1 Å². The van der Waals surface area contributed by atoms with Crippen LogP contribution in [0.1, 0.15) is 0 Å². The minimum atomic E-state index is -1.74. The van der Waals surface area contributed by atoms with Gasteiger partial charge in [-0.25, -0.2) is 0 Å². The summed E-state index contributed by atoms with van der Waals surface area (Å²) in [4.78, 5) is 0.629. The Morgan fingerprint density at radius 1 is 1.17 bits per heavy atom. The molecule has 0 radical (unpaired) electrons. The van der Waals surface area contributed by atoms with Crippen molar-refractivity contribution in [3.63, 3.8) is 0 Å². The third-order valence-corrected chi connectivity index (χ3v) is 1.69. The van der Waals surface area contributed by atoms with E-state index in [0.29, 0.717) is 10.6 Å². The van der Waals surface area contributed by atoms with Gasteiger partial charge in [-0.05, 0) is 46.9 Å². The van der Waals surface area contributed by atoms with Crippen molar-refractivity contribution in [3.8, 4) is 5.75 Å². The molecule has 1 rings (SSSR count). The van der Waals surface area contributed by atoms with Crippen molar-refractivity contribution in [2.24, 2.45) is 0 Å². The lowest BCUT2D eigenvalue weighted by Crippen LogP contribution is -2.12. The highest BCUT2D eigenvalue weighted by atomic mass is 35.6. The maximum Gasteiger partial charge on any atom is 0.338 e. The van der Waals surface area contributed by atoms with Crippen LogP contribution >= 0.6 is 47.4 Å². The number of alkyl halides is 3. The zero-order valence-corrected chi connectivity index (χ0v) is 8.96. The predicted molar refractivity (Wildman–Crippen MR) is 54.6 cm³/mol. The van der Waals surface area contributed by atoms with Crippen LogP contribution < -0.4 is 4.74 Å². The molecule has 5 heteroatoms. The van der Waals surface area contributed by atoms with Gasteiger partial charge in [-0.2, -0.15) is 0 Å². The monoisotopic (exact) mass is 242 g/mol. The van der Waals surface area contributed by atoms with E-state index in [1.165, 1.54) is 0 Å². The Balaban J connectivity index is 2.83. The van der Waals surface area contributed by atoms with Gasteiger partial charge in [0.05, 0.1) is 0 Å². The SMILES string of the molecule is Sc1ccccc1OC(Cl)(Cl)Cl. The average molecular weight is 244 g/mol. The van der Waals surface area contributed by atoms with Crippen LogP contribution in [0.5, 0.6) is 5.75 Å². The zero-order chi connectivity index (χ0) is 9.19.